The maximum Gasteiger partial charge on any atom is 0.257 e. The van der Waals surface area contributed by atoms with E-state index in [0.29, 0.717) is 5.02 Å². The highest BCUT2D eigenvalue weighted by atomic mass is 79.9. The van der Waals surface area contributed by atoms with Gasteiger partial charge in [-0.15, -0.1) is 0 Å². The summed E-state index contributed by atoms with van der Waals surface area (Å²) < 4.78 is 27.5. The molecular formula is C17H16BrClN2O4S. The molecule has 0 unspecified atom stereocenters. The van der Waals surface area contributed by atoms with Crippen LogP contribution in [0.25, 0.3) is 0 Å². The molecule has 3 rings (SSSR count). The predicted molar refractivity (Wildman–Crippen MR) is 102 cm³/mol. The molecule has 1 aliphatic heterocycles. The number of aromatic hydroxyl groups is 1. The van der Waals surface area contributed by atoms with Gasteiger partial charge in [0.05, 0.1) is 10.5 Å². The second-order valence-corrected chi connectivity index (χ2v) is 9.10. The number of hydrogen-bond acceptors (Lipinski definition) is 4. The van der Waals surface area contributed by atoms with E-state index >= 15 is 0 Å². The van der Waals surface area contributed by atoms with E-state index in [-0.39, 0.29) is 48.3 Å². The third-order valence-electron chi connectivity index (χ3n) is 4.17. The standard InChI is InChI=1S/C17H16BrClN2O4S/c18-12-1-4-14(5-2-12)26(24,25)21-9-7-20(8-10-21)17(23)15-6-3-13(19)11-16(15)22/h1-6,11,22H,7-10H2. The van der Waals surface area contributed by atoms with E-state index in [9.17, 15) is 18.3 Å². The fourth-order valence-electron chi connectivity index (χ4n) is 2.74. The molecular weight excluding hydrogens is 444 g/mol. The van der Waals surface area contributed by atoms with E-state index in [1.807, 2.05) is 0 Å². The molecule has 0 saturated carbocycles. The second-order valence-electron chi connectivity index (χ2n) is 5.81. The fraction of sp³-hybridized carbons (Fsp3) is 0.235. The Balaban J connectivity index is 1.70. The third kappa shape index (κ3) is 3.88. The molecule has 138 valence electrons. The van der Waals surface area contributed by atoms with E-state index in [4.69, 9.17) is 11.6 Å². The van der Waals surface area contributed by atoms with Gasteiger partial charge in [0.1, 0.15) is 5.75 Å². The largest absolute Gasteiger partial charge is 0.507 e. The third-order valence-corrected chi connectivity index (χ3v) is 6.84. The van der Waals surface area contributed by atoms with Crippen molar-refractivity contribution in [3.63, 3.8) is 0 Å². The lowest BCUT2D eigenvalue weighted by atomic mass is 10.1. The first-order valence-electron chi connectivity index (χ1n) is 7.82. The number of phenols is 1. The summed E-state index contributed by atoms with van der Waals surface area (Å²) >= 11 is 9.07. The smallest absolute Gasteiger partial charge is 0.257 e. The number of piperazine rings is 1. The van der Waals surface area contributed by atoms with Crippen molar-refractivity contribution in [2.24, 2.45) is 0 Å². The molecule has 0 aliphatic carbocycles. The van der Waals surface area contributed by atoms with E-state index in [1.165, 1.54) is 27.4 Å². The lowest BCUT2D eigenvalue weighted by Crippen LogP contribution is -2.50. The molecule has 6 nitrogen and oxygen atoms in total. The summed E-state index contributed by atoms with van der Waals surface area (Å²) in [5.41, 5.74) is 0.151. The molecule has 2 aromatic rings. The number of benzene rings is 2. The highest BCUT2D eigenvalue weighted by molar-refractivity contribution is 9.10. The Bertz CT molecular complexity index is 926. The molecule has 1 saturated heterocycles. The van der Waals surface area contributed by atoms with Gasteiger partial charge in [-0.1, -0.05) is 27.5 Å². The minimum absolute atomic E-state index is 0.151. The molecule has 1 amide bonds. The minimum Gasteiger partial charge on any atom is -0.507 e. The molecule has 0 atom stereocenters. The molecule has 0 bridgehead atoms. The number of sulfonamides is 1. The van der Waals surface area contributed by atoms with Crippen LogP contribution in [0.2, 0.25) is 5.02 Å². The number of rotatable bonds is 3. The number of hydrogen-bond donors (Lipinski definition) is 1. The van der Waals surface area contributed by atoms with Crippen molar-refractivity contribution < 1.29 is 18.3 Å². The second kappa shape index (κ2) is 7.56. The average Bonchev–Trinajstić information content (AvgIpc) is 2.62. The number of amides is 1. The highest BCUT2D eigenvalue weighted by Crippen LogP contribution is 2.25. The number of halogens is 2. The van der Waals surface area contributed by atoms with Gasteiger partial charge in [-0.25, -0.2) is 8.42 Å². The van der Waals surface area contributed by atoms with Crippen molar-refractivity contribution in [2.45, 2.75) is 4.90 Å². The first kappa shape index (κ1) is 19.2. The lowest BCUT2D eigenvalue weighted by Gasteiger charge is -2.34. The molecule has 0 spiro atoms. The van der Waals surface area contributed by atoms with Gasteiger partial charge in [0.25, 0.3) is 5.91 Å². The topological polar surface area (TPSA) is 77.9 Å². The molecule has 0 aromatic heterocycles. The summed E-state index contributed by atoms with van der Waals surface area (Å²) in [5.74, 6) is -0.535. The van der Waals surface area contributed by atoms with Crippen molar-refractivity contribution in [3.8, 4) is 5.75 Å². The van der Waals surface area contributed by atoms with Crippen LogP contribution >= 0.6 is 27.5 Å². The van der Waals surface area contributed by atoms with Gasteiger partial charge < -0.3 is 10.0 Å². The Morgan fingerprint density at radius 1 is 1.04 bits per heavy atom. The average molecular weight is 460 g/mol. The van der Waals surface area contributed by atoms with Crippen LogP contribution in [0.3, 0.4) is 0 Å². The van der Waals surface area contributed by atoms with Crippen LogP contribution in [0.4, 0.5) is 0 Å². The van der Waals surface area contributed by atoms with Gasteiger partial charge in [0.15, 0.2) is 0 Å². The maximum absolute atomic E-state index is 12.7. The summed E-state index contributed by atoms with van der Waals surface area (Å²) in [6, 6.07) is 10.7. The van der Waals surface area contributed by atoms with E-state index < -0.39 is 10.0 Å². The Morgan fingerprint density at radius 2 is 1.65 bits per heavy atom. The molecule has 26 heavy (non-hydrogen) atoms. The molecule has 0 radical (unpaired) electrons. The van der Waals surface area contributed by atoms with Gasteiger partial charge in [0, 0.05) is 35.7 Å². The van der Waals surface area contributed by atoms with E-state index in [0.717, 1.165) is 4.47 Å². The SMILES string of the molecule is O=C(c1ccc(Cl)cc1O)N1CCN(S(=O)(=O)c2ccc(Br)cc2)CC1. The summed E-state index contributed by atoms with van der Waals surface area (Å²) in [4.78, 5) is 14.3. The van der Waals surface area contributed by atoms with Crippen molar-refractivity contribution in [1.29, 1.82) is 0 Å². The molecule has 9 heteroatoms. The van der Waals surface area contributed by atoms with Crippen molar-refractivity contribution in [3.05, 3.63) is 57.5 Å². The number of phenolic OH excluding ortho intramolecular Hbond substituents is 1. The molecule has 2 aromatic carbocycles. The van der Waals surface area contributed by atoms with Crippen LogP contribution in [0, 0.1) is 0 Å². The van der Waals surface area contributed by atoms with Crippen LogP contribution in [-0.4, -0.2) is 54.8 Å². The summed E-state index contributed by atoms with van der Waals surface area (Å²) in [6.45, 7) is 0.879. The van der Waals surface area contributed by atoms with Crippen LogP contribution in [0.15, 0.2) is 51.8 Å². The molecule has 1 heterocycles. The minimum atomic E-state index is -3.60. The Morgan fingerprint density at radius 3 is 2.23 bits per heavy atom. The van der Waals surface area contributed by atoms with Gasteiger partial charge >= 0.3 is 0 Å². The summed E-state index contributed by atoms with van der Waals surface area (Å²) in [5, 5.41) is 10.2. The number of carbonyl (C=O) groups excluding carboxylic acids is 1. The van der Waals surface area contributed by atoms with Crippen LogP contribution in [0.5, 0.6) is 5.75 Å². The van der Waals surface area contributed by atoms with E-state index in [2.05, 4.69) is 15.9 Å². The normalized spacial score (nSPS) is 15.8. The fourth-order valence-corrected chi connectivity index (χ4v) is 4.60. The Hall–Kier alpha value is -1.61. The lowest BCUT2D eigenvalue weighted by molar-refractivity contribution is 0.0695. The summed E-state index contributed by atoms with van der Waals surface area (Å²) in [6.07, 6.45) is 0. The highest BCUT2D eigenvalue weighted by Gasteiger charge is 2.31. The van der Waals surface area contributed by atoms with Gasteiger partial charge in [-0.3, -0.25) is 4.79 Å². The quantitative estimate of drug-likeness (QED) is 0.765. The van der Waals surface area contributed by atoms with Gasteiger partial charge in [0.2, 0.25) is 10.0 Å². The van der Waals surface area contributed by atoms with Crippen LogP contribution in [-0.2, 0) is 10.0 Å². The molecule has 1 aliphatic rings. The number of carbonyl (C=O) groups is 1. The van der Waals surface area contributed by atoms with Crippen molar-refractivity contribution >= 4 is 43.5 Å². The van der Waals surface area contributed by atoms with E-state index in [1.54, 1.807) is 24.3 Å². The zero-order valence-electron chi connectivity index (χ0n) is 13.6. The van der Waals surface area contributed by atoms with Gasteiger partial charge in [-0.2, -0.15) is 4.31 Å². The number of nitrogens with zero attached hydrogens (tertiary/aromatic N) is 2. The predicted octanol–water partition coefficient (Wildman–Crippen LogP) is 2.95. The van der Waals surface area contributed by atoms with Crippen LogP contribution < -0.4 is 0 Å². The molecule has 1 fully saturated rings. The first-order valence-corrected chi connectivity index (χ1v) is 10.4. The Labute approximate surface area is 165 Å². The van der Waals surface area contributed by atoms with Crippen molar-refractivity contribution in [1.82, 2.24) is 9.21 Å². The molecule has 1 N–H and O–H groups in total. The zero-order chi connectivity index (χ0) is 18.9. The first-order chi connectivity index (χ1) is 12.3. The van der Waals surface area contributed by atoms with Gasteiger partial charge in [-0.05, 0) is 42.5 Å². The maximum atomic E-state index is 12.7. The zero-order valence-corrected chi connectivity index (χ0v) is 16.8. The van der Waals surface area contributed by atoms with Crippen LogP contribution in [0.1, 0.15) is 10.4 Å². The summed E-state index contributed by atoms with van der Waals surface area (Å²) in [7, 11) is -3.60. The Kier molecular flexibility index (Phi) is 5.57. The van der Waals surface area contributed by atoms with Crippen molar-refractivity contribution in [2.75, 3.05) is 26.2 Å². The monoisotopic (exact) mass is 458 g/mol.